The summed E-state index contributed by atoms with van der Waals surface area (Å²) in [6.07, 6.45) is 5.77. The number of hydrogen-bond acceptors (Lipinski definition) is 3. The summed E-state index contributed by atoms with van der Waals surface area (Å²) in [7, 11) is 1.77. The van der Waals surface area contributed by atoms with Crippen molar-refractivity contribution in [3.05, 3.63) is 0 Å². The Kier molecular flexibility index (Phi) is 2.95. The molecule has 1 aliphatic heterocycles. The van der Waals surface area contributed by atoms with Crippen molar-refractivity contribution in [2.45, 2.75) is 76.7 Å². The van der Waals surface area contributed by atoms with Gasteiger partial charge in [0.25, 0.3) is 0 Å². The minimum absolute atomic E-state index is 0.0600. The second-order valence-corrected chi connectivity index (χ2v) is 7.12. The van der Waals surface area contributed by atoms with Gasteiger partial charge < -0.3 is 9.64 Å². The Balaban J connectivity index is 1.81. The highest BCUT2D eigenvalue weighted by Crippen LogP contribution is 2.49. The SMILES string of the molecule is COC1CC(N2C(=O)C3(CCCC3)NC2C)C1(C)C. The molecule has 1 heterocycles. The first kappa shape index (κ1) is 13.4. The minimum atomic E-state index is -0.242. The Hall–Kier alpha value is -0.610. The van der Waals surface area contributed by atoms with Crippen molar-refractivity contribution < 1.29 is 9.53 Å². The lowest BCUT2D eigenvalue weighted by Crippen LogP contribution is -2.64. The molecular weight excluding hydrogens is 240 g/mol. The molecule has 3 atom stereocenters. The number of nitrogens with one attached hydrogen (secondary N) is 1. The van der Waals surface area contributed by atoms with E-state index in [1.807, 2.05) is 0 Å². The van der Waals surface area contributed by atoms with E-state index >= 15 is 0 Å². The molecule has 108 valence electrons. The Morgan fingerprint density at radius 3 is 2.47 bits per heavy atom. The van der Waals surface area contributed by atoms with Crippen LogP contribution in [0.25, 0.3) is 0 Å². The third-order valence-corrected chi connectivity index (χ3v) is 5.75. The van der Waals surface area contributed by atoms with Crippen molar-refractivity contribution in [2.24, 2.45) is 5.41 Å². The number of carbonyl (C=O) groups excluding carboxylic acids is 1. The molecule has 1 spiro atoms. The number of carbonyl (C=O) groups is 1. The molecule has 2 aliphatic carbocycles. The fourth-order valence-electron chi connectivity index (χ4n) is 4.44. The molecule has 1 amide bonds. The van der Waals surface area contributed by atoms with E-state index in [4.69, 9.17) is 4.74 Å². The molecule has 19 heavy (non-hydrogen) atoms. The lowest BCUT2D eigenvalue weighted by Gasteiger charge is -2.55. The molecule has 0 aromatic carbocycles. The van der Waals surface area contributed by atoms with Crippen LogP contribution in [-0.2, 0) is 9.53 Å². The van der Waals surface area contributed by atoms with Crippen LogP contribution < -0.4 is 5.32 Å². The standard InChI is InChI=1S/C15H26N2O2/c1-10-16-15(7-5-6-8-15)13(18)17(10)11-9-12(19-4)14(11,2)3/h10-12,16H,5-9H2,1-4H3. The molecule has 1 N–H and O–H groups in total. The van der Waals surface area contributed by atoms with Gasteiger partial charge in [-0.15, -0.1) is 0 Å². The molecule has 3 rings (SSSR count). The summed E-state index contributed by atoms with van der Waals surface area (Å²) in [5, 5.41) is 3.58. The molecule has 4 heteroatoms. The number of ether oxygens (including phenoxy) is 1. The van der Waals surface area contributed by atoms with E-state index in [0.29, 0.717) is 11.9 Å². The Labute approximate surface area is 115 Å². The number of amides is 1. The minimum Gasteiger partial charge on any atom is -0.381 e. The van der Waals surface area contributed by atoms with Crippen LogP contribution in [0.5, 0.6) is 0 Å². The maximum atomic E-state index is 12.9. The summed E-state index contributed by atoms with van der Waals surface area (Å²) in [5.41, 5.74) is -0.182. The van der Waals surface area contributed by atoms with Crippen LogP contribution in [0, 0.1) is 5.41 Å². The van der Waals surface area contributed by atoms with Gasteiger partial charge in [-0.25, -0.2) is 0 Å². The van der Waals surface area contributed by atoms with Crippen molar-refractivity contribution in [3.8, 4) is 0 Å². The highest BCUT2D eigenvalue weighted by Gasteiger charge is 2.59. The van der Waals surface area contributed by atoms with E-state index in [2.05, 4.69) is 31.0 Å². The summed E-state index contributed by atoms with van der Waals surface area (Å²) in [5.74, 6) is 0.338. The number of hydrogen-bond donors (Lipinski definition) is 1. The monoisotopic (exact) mass is 266 g/mol. The zero-order chi connectivity index (χ0) is 13.8. The summed E-state index contributed by atoms with van der Waals surface area (Å²) in [6, 6.07) is 0.312. The second-order valence-electron chi connectivity index (χ2n) is 7.12. The normalized spacial score (nSPS) is 39.9. The summed E-state index contributed by atoms with van der Waals surface area (Å²) in [4.78, 5) is 15.0. The molecular formula is C15H26N2O2. The Morgan fingerprint density at radius 1 is 1.32 bits per heavy atom. The van der Waals surface area contributed by atoms with Crippen LogP contribution in [0.3, 0.4) is 0 Å². The topological polar surface area (TPSA) is 41.6 Å². The van der Waals surface area contributed by atoms with E-state index in [-0.39, 0.29) is 23.2 Å². The van der Waals surface area contributed by atoms with Crippen LogP contribution in [0.15, 0.2) is 0 Å². The highest BCUT2D eigenvalue weighted by atomic mass is 16.5. The molecule has 0 radical (unpaired) electrons. The van der Waals surface area contributed by atoms with Gasteiger partial charge in [-0.2, -0.15) is 0 Å². The maximum Gasteiger partial charge on any atom is 0.244 e. The van der Waals surface area contributed by atoms with E-state index in [9.17, 15) is 4.79 Å². The van der Waals surface area contributed by atoms with Gasteiger partial charge in [0.05, 0.1) is 17.8 Å². The molecule has 2 saturated carbocycles. The fraction of sp³-hybridized carbons (Fsp3) is 0.933. The van der Waals surface area contributed by atoms with E-state index in [1.54, 1.807) is 7.11 Å². The number of rotatable bonds is 2. The van der Waals surface area contributed by atoms with Gasteiger partial charge in [0.1, 0.15) is 0 Å². The smallest absolute Gasteiger partial charge is 0.244 e. The average molecular weight is 266 g/mol. The lowest BCUT2D eigenvalue weighted by molar-refractivity contribution is -0.163. The van der Waals surface area contributed by atoms with E-state index in [1.165, 1.54) is 12.8 Å². The van der Waals surface area contributed by atoms with E-state index < -0.39 is 0 Å². The first-order chi connectivity index (χ1) is 8.92. The third-order valence-electron chi connectivity index (χ3n) is 5.75. The lowest BCUT2D eigenvalue weighted by atomic mass is 9.63. The molecule has 1 saturated heterocycles. The average Bonchev–Trinajstić information content (AvgIpc) is 2.90. The maximum absolute atomic E-state index is 12.9. The fourth-order valence-corrected chi connectivity index (χ4v) is 4.44. The van der Waals surface area contributed by atoms with Gasteiger partial charge in [0, 0.05) is 18.6 Å². The van der Waals surface area contributed by atoms with Gasteiger partial charge in [0.2, 0.25) is 5.91 Å². The van der Waals surface area contributed by atoms with Gasteiger partial charge in [-0.3, -0.25) is 10.1 Å². The van der Waals surface area contributed by atoms with Gasteiger partial charge in [0.15, 0.2) is 0 Å². The van der Waals surface area contributed by atoms with Gasteiger partial charge >= 0.3 is 0 Å². The molecule has 0 aromatic rings. The van der Waals surface area contributed by atoms with Crippen molar-refractivity contribution in [1.29, 1.82) is 0 Å². The van der Waals surface area contributed by atoms with Crippen molar-refractivity contribution in [3.63, 3.8) is 0 Å². The molecule has 4 nitrogen and oxygen atoms in total. The summed E-state index contributed by atoms with van der Waals surface area (Å²) >= 11 is 0. The summed E-state index contributed by atoms with van der Waals surface area (Å²) < 4.78 is 5.52. The van der Waals surface area contributed by atoms with Crippen molar-refractivity contribution in [2.75, 3.05) is 7.11 Å². The molecule has 3 aliphatic rings. The van der Waals surface area contributed by atoms with Crippen LogP contribution in [-0.4, -0.2) is 41.8 Å². The summed E-state index contributed by atoms with van der Waals surface area (Å²) in [6.45, 7) is 6.56. The van der Waals surface area contributed by atoms with Crippen LogP contribution in [0.1, 0.15) is 52.9 Å². The quantitative estimate of drug-likeness (QED) is 0.830. The zero-order valence-corrected chi connectivity index (χ0v) is 12.5. The van der Waals surface area contributed by atoms with Crippen LogP contribution >= 0.6 is 0 Å². The van der Waals surface area contributed by atoms with Crippen LogP contribution in [0.2, 0.25) is 0 Å². The second kappa shape index (κ2) is 4.19. The van der Waals surface area contributed by atoms with Crippen LogP contribution in [0.4, 0.5) is 0 Å². The Morgan fingerprint density at radius 2 is 1.95 bits per heavy atom. The molecule has 3 unspecified atom stereocenters. The third kappa shape index (κ3) is 1.69. The van der Waals surface area contributed by atoms with E-state index in [0.717, 1.165) is 19.3 Å². The van der Waals surface area contributed by atoms with Gasteiger partial charge in [-0.05, 0) is 26.2 Å². The largest absolute Gasteiger partial charge is 0.381 e. The number of methoxy groups -OCH3 is 1. The predicted octanol–water partition coefficient (Wildman–Crippen LogP) is 1.89. The first-order valence-corrected chi connectivity index (χ1v) is 7.56. The zero-order valence-electron chi connectivity index (χ0n) is 12.5. The predicted molar refractivity (Wildman–Crippen MR) is 73.6 cm³/mol. The van der Waals surface area contributed by atoms with Gasteiger partial charge in [-0.1, -0.05) is 26.7 Å². The van der Waals surface area contributed by atoms with Crippen molar-refractivity contribution >= 4 is 5.91 Å². The molecule has 0 bridgehead atoms. The molecule has 0 aromatic heterocycles. The van der Waals surface area contributed by atoms with Crippen molar-refractivity contribution in [1.82, 2.24) is 10.2 Å². The number of nitrogens with zero attached hydrogens (tertiary/aromatic N) is 1. The molecule has 3 fully saturated rings. The first-order valence-electron chi connectivity index (χ1n) is 7.56. The highest BCUT2D eigenvalue weighted by molar-refractivity contribution is 5.89. The Bertz CT molecular complexity index is 388.